The van der Waals surface area contributed by atoms with Gasteiger partial charge in [0.25, 0.3) is 0 Å². The lowest BCUT2D eigenvalue weighted by Gasteiger charge is -2.34. The molecule has 1 heterocycles. The third-order valence-corrected chi connectivity index (χ3v) is 3.69. The number of quaternary nitrogens is 1. The summed E-state index contributed by atoms with van der Waals surface area (Å²) in [5, 5.41) is 0.385. The predicted octanol–water partition coefficient (Wildman–Crippen LogP) is 3.12. The molecule has 114 valence electrons. The van der Waals surface area contributed by atoms with Crippen LogP contribution in [0.5, 0.6) is 5.75 Å². The van der Waals surface area contributed by atoms with E-state index in [4.69, 9.17) is 10.2 Å². The Morgan fingerprint density at radius 3 is 2.76 bits per heavy atom. The van der Waals surface area contributed by atoms with Crippen LogP contribution in [0.2, 0.25) is 0 Å². The number of esters is 1. The van der Waals surface area contributed by atoms with Crippen molar-refractivity contribution in [1.82, 2.24) is 4.98 Å². The topological polar surface area (TPSA) is 42.1 Å². The first-order valence-electron chi connectivity index (χ1n) is 8.96. The highest BCUT2D eigenvalue weighted by atomic mass is 16.5. The summed E-state index contributed by atoms with van der Waals surface area (Å²) >= 11 is 0. The van der Waals surface area contributed by atoms with Gasteiger partial charge in [-0.1, -0.05) is 6.07 Å². The van der Waals surface area contributed by atoms with E-state index < -0.39 is 18.8 Å². The van der Waals surface area contributed by atoms with E-state index in [0.717, 1.165) is 0 Å². The monoisotopic (exact) mass is 293 g/mol. The van der Waals surface area contributed by atoms with E-state index in [2.05, 4.69) is 4.98 Å². The number of aromatic nitrogens is 1. The molecular formula is C17H25N2O2+. The van der Waals surface area contributed by atoms with Gasteiger partial charge in [-0.05, 0) is 31.5 Å². The van der Waals surface area contributed by atoms with E-state index in [1.807, 2.05) is 13.8 Å². The van der Waals surface area contributed by atoms with Gasteiger partial charge in [-0.15, -0.1) is 0 Å². The number of H-pyrrole nitrogens is 1. The highest BCUT2D eigenvalue weighted by Crippen LogP contribution is 2.29. The minimum atomic E-state index is -2.32. The Labute approximate surface area is 131 Å². The minimum Gasteiger partial charge on any atom is -0.426 e. The van der Waals surface area contributed by atoms with Gasteiger partial charge in [0, 0.05) is 33.1 Å². The summed E-state index contributed by atoms with van der Waals surface area (Å²) in [5.74, 6) is -0.294. The van der Waals surface area contributed by atoms with Gasteiger partial charge in [-0.25, -0.2) is 0 Å². The van der Waals surface area contributed by atoms with Crippen molar-refractivity contribution in [3.8, 4) is 5.75 Å². The van der Waals surface area contributed by atoms with Crippen LogP contribution in [-0.2, 0) is 11.2 Å². The summed E-state index contributed by atoms with van der Waals surface area (Å²) in [6.07, 6.45) is -0.870. The number of likely N-dealkylation sites (N-methyl/N-ethyl adjacent to an activating group) is 1. The highest BCUT2D eigenvalue weighted by molar-refractivity contribution is 5.91. The molecule has 1 aromatic carbocycles. The predicted molar refractivity (Wildman–Crippen MR) is 85.4 cm³/mol. The number of nitrogens with zero attached hydrogens (tertiary/aromatic N) is 1. The van der Waals surface area contributed by atoms with Crippen LogP contribution in [0, 0.1) is 0 Å². The van der Waals surface area contributed by atoms with Crippen molar-refractivity contribution in [1.29, 1.82) is 0 Å². The molecule has 0 amide bonds. The summed E-state index contributed by atoms with van der Waals surface area (Å²) < 4.78 is 39.4. The largest absolute Gasteiger partial charge is 0.426 e. The lowest BCUT2D eigenvalue weighted by molar-refractivity contribution is -0.910. The second-order valence-corrected chi connectivity index (χ2v) is 5.85. The number of aryl methyl sites for hydroxylation is 1. The Morgan fingerprint density at radius 2 is 2.14 bits per heavy atom. The minimum absolute atomic E-state index is 0.135. The number of carbonyl (C=O) groups is 1. The van der Waals surface area contributed by atoms with E-state index in [9.17, 15) is 4.79 Å². The first kappa shape index (κ1) is 10.9. The van der Waals surface area contributed by atoms with Crippen molar-refractivity contribution in [2.75, 3.05) is 20.6 Å². The van der Waals surface area contributed by atoms with Gasteiger partial charge >= 0.3 is 5.97 Å². The van der Waals surface area contributed by atoms with Gasteiger partial charge < -0.3 is 14.2 Å². The molecule has 2 rings (SSSR count). The van der Waals surface area contributed by atoms with Crippen LogP contribution in [0.15, 0.2) is 24.4 Å². The SMILES string of the molecule is [2H]C([2H])(c1c[nH]c2cccc(OC(C)=O)c12)C([2H])([2H])[N+](C)(C)C(C)C. The lowest BCUT2D eigenvalue weighted by atomic mass is 10.1. The molecule has 0 aliphatic carbocycles. The molecule has 0 radical (unpaired) electrons. The number of benzene rings is 1. The van der Waals surface area contributed by atoms with Gasteiger partial charge in [-0.3, -0.25) is 4.79 Å². The van der Waals surface area contributed by atoms with Crippen LogP contribution in [0.1, 0.15) is 31.8 Å². The summed E-state index contributed by atoms with van der Waals surface area (Å²) in [6.45, 7) is 2.76. The molecule has 0 saturated heterocycles. The van der Waals surface area contributed by atoms with Gasteiger partial charge in [-0.2, -0.15) is 0 Å². The lowest BCUT2D eigenvalue weighted by Crippen LogP contribution is -2.47. The molecule has 1 aromatic heterocycles. The smallest absolute Gasteiger partial charge is 0.308 e. The highest BCUT2D eigenvalue weighted by Gasteiger charge is 2.21. The Bertz CT molecular complexity index is 797. The quantitative estimate of drug-likeness (QED) is 0.523. The van der Waals surface area contributed by atoms with Crippen LogP contribution >= 0.6 is 0 Å². The van der Waals surface area contributed by atoms with Crippen molar-refractivity contribution in [2.45, 2.75) is 33.2 Å². The zero-order valence-corrected chi connectivity index (χ0v) is 13.2. The molecule has 0 aliphatic heterocycles. The summed E-state index contributed by atoms with van der Waals surface area (Å²) in [4.78, 5) is 14.3. The molecular weight excluding hydrogens is 264 g/mol. The van der Waals surface area contributed by atoms with E-state index in [1.54, 1.807) is 32.3 Å². The molecule has 1 N–H and O–H groups in total. The van der Waals surface area contributed by atoms with Crippen LogP contribution in [0.3, 0.4) is 0 Å². The number of rotatable bonds is 5. The molecule has 2 aromatic rings. The van der Waals surface area contributed by atoms with Gasteiger partial charge in [0.2, 0.25) is 0 Å². The third kappa shape index (κ3) is 3.45. The molecule has 0 aliphatic rings. The average molecular weight is 293 g/mol. The number of ether oxygens (including phenoxy) is 1. The van der Waals surface area contributed by atoms with Crippen LogP contribution in [0.4, 0.5) is 0 Å². The molecule has 0 atom stereocenters. The van der Waals surface area contributed by atoms with Crippen LogP contribution < -0.4 is 4.74 Å². The maximum atomic E-state index is 11.4. The number of nitrogens with one attached hydrogen (secondary N) is 1. The van der Waals surface area contributed by atoms with Crippen molar-refractivity contribution in [3.05, 3.63) is 30.0 Å². The molecule has 0 bridgehead atoms. The van der Waals surface area contributed by atoms with Crippen LogP contribution in [0.25, 0.3) is 10.9 Å². The Kier molecular flexibility index (Phi) is 3.05. The Hall–Kier alpha value is -1.81. The molecule has 21 heavy (non-hydrogen) atoms. The molecule has 4 heteroatoms. The van der Waals surface area contributed by atoms with E-state index >= 15 is 0 Å². The fourth-order valence-electron chi connectivity index (χ4n) is 1.82. The third-order valence-electron chi connectivity index (χ3n) is 3.69. The average Bonchev–Trinajstić information content (AvgIpc) is 2.91. The van der Waals surface area contributed by atoms with E-state index in [-0.39, 0.29) is 21.8 Å². The van der Waals surface area contributed by atoms with Gasteiger partial charge in [0.1, 0.15) is 5.75 Å². The first-order chi connectivity index (χ1) is 11.3. The second kappa shape index (κ2) is 5.90. The summed E-state index contributed by atoms with van der Waals surface area (Å²) in [6, 6.07) is 4.87. The maximum absolute atomic E-state index is 11.4. The second-order valence-electron chi connectivity index (χ2n) is 5.85. The molecule has 0 spiro atoms. The number of hydrogen-bond acceptors (Lipinski definition) is 2. The van der Waals surface area contributed by atoms with Gasteiger partial charge in [0.05, 0.1) is 29.4 Å². The van der Waals surface area contributed by atoms with Crippen LogP contribution in [-0.4, -0.2) is 42.1 Å². The fraction of sp³-hybridized carbons (Fsp3) is 0.471. The summed E-state index contributed by atoms with van der Waals surface area (Å²) in [7, 11) is 3.34. The molecule has 0 fully saturated rings. The zero-order valence-electron chi connectivity index (χ0n) is 17.2. The van der Waals surface area contributed by atoms with Crippen molar-refractivity contribution < 1.29 is 19.5 Å². The van der Waals surface area contributed by atoms with Gasteiger partial charge in [0.15, 0.2) is 0 Å². The van der Waals surface area contributed by atoms with E-state index in [0.29, 0.717) is 10.9 Å². The Morgan fingerprint density at radius 1 is 1.43 bits per heavy atom. The van der Waals surface area contributed by atoms with Crippen molar-refractivity contribution >= 4 is 16.9 Å². The fourth-order valence-corrected chi connectivity index (χ4v) is 1.82. The normalized spacial score (nSPS) is 16.3. The zero-order chi connectivity index (χ0) is 19.2. The first-order valence-corrected chi connectivity index (χ1v) is 6.96. The number of aromatic amines is 1. The standard InChI is InChI=1S/C17H25N2O2/c1-12(2)19(4,5)10-9-14-11-18-15-7-6-8-16(17(14)15)21-13(3)20/h6-8,11-12,18H,9-10H2,1-5H3/q+1/i9D2,10D2. The number of carbonyl (C=O) groups excluding carboxylic acids is 1. The summed E-state index contributed by atoms with van der Waals surface area (Å²) in [5.41, 5.74) is 0.722. The number of fused-ring (bicyclic) bond motifs is 1. The molecule has 0 unspecified atom stereocenters. The Balaban J connectivity index is 2.70. The van der Waals surface area contributed by atoms with Crippen molar-refractivity contribution in [2.24, 2.45) is 0 Å². The van der Waals surface area contributed by atoms with Crippen molar-refractivity contribution in [3.63, 3.8) is 0 Å². The number of hydrogen-bond donors (Lipinski definition) is 1. The van der Waals surface area contributed by atoms with E-state index in [1.165, 1.54) is 13.1 Å². The maximum Gasteiger partial charge on any atom is 0.308 e. The molecule has 4 nitrogen and oxygen atoms in total. The molecule has 0 saturated carbocycles.